The first-order chi connectivity index (χ1) is 8.49. The summed E-state index contributed by atoms with van der Waals surface area (Å²) in [5.74, 6) is 0.468. The van der Waals surface area contributed by atoms with Gasteiger partial charge in [-0.05, 0) is 30.5 Å². The van der Waals surface area contributed by atoms with Crippen LogP contribution in [0.4, 0.5) is 13.2 Å². The summed E-state index contributed by atoms with van der Waals surface area (Å²) in [6.45, 7) is 0. The number of thiazole rings is 1. The van der Waals surface area contributed by atoms with Gasteiger partial charge in [-0.25, -0.2) is 0 Å². The lowest BCUT2D eigenvalue weighted by atomic mass is 10.3. The van der Waals surface area contributed by atoms with Gasteiger partial charge in [0, 0.05) is 10.3 Å². The van der Waals surface area contributed by atoms with Crippen LogP contribution in [-0.2, 0) is 6.18 Å². The van der Waals surface area contributed by atoms with E-state index in [0.29, 0.717) is 5.75 Å². The zero-order chi connectivity index (χ0) is 13.2. The molecule has 0 amide bonds. The maximum atomic E-state index is 12.3. The number of hydrogen-bond acceptors (Lipinski definition) is 4. The van der Waals surface area contributed by atoms with E-state index < -0.39 is 11.9 Å². The molecule has 0 unspecified atom stereocenters. The largest absolute Gasteiger partial charge is 0.434 e. The van der Waals surface area contributed by atoms with Gasteiger partial charge in [0.1, 0.15) is 5.75 Å². The molecule has 0 fully saturated rings. The molecule has 7 heteroatoms. The van der Waals surface area contributed by atoms with E-state index in [4.69, 9.17) is 4.74 Å². The molecule has 96 valence electrons. The molecule has 0 saturated carbocycles. The maximum absolute atomic E-state index is 12.3. The number of hydrogen-bond donors (Lipinski definition) is 0. The number of alkyl halides is 3. The van der Waals surface area contributed by atoms with Gasteiger partial charge in [-0.3, -0.25) is 0 Å². The average Bonchev–Trinajstić information content (AvgIpc) is 2.78. The summed E-state index contributed by atoms with van der Waals surface area (Å²) in [7, 11) is 0. The van der Waals surface area contributed by atoms with Crippen LogP contribution in [-0.4, -0.2) is 11.2 Å². The Hall–Kier alpha value is -1.21. The van der Waals surface area contributed by atoms with Crippen LogP contribution >= 0.6 is 23.1 Å². The van der Waals surface area contributed by atoms with E-state index in [0.717, 1.165) is 21.6 Å². The van der Waals surface area contributed by atoms with Gasteiger partial charge in [0.2, 0.25) is 0 Å². The van der Waals surface area contributed by atoms with Gasteiger partial charge in [0.05, 0.1) is 0 Å². The van der Waals surface area contributed by atoms with Gasteiger partial charge < -0.3 is 4.74 Å². The molecule has 0 bridgehead atoms. The molecule has 1 aromatic carbocycles. The van der Waals surface area contributed by atoms with Gasteiger partial charge in [-0.2, -0.15) is 18.2 Å². The van der Waals surface area contributed by atoms with Crippen molar-refractivity contribution in [3.63, 3.8) is 0 Å². The Morgan fingerprint density at radius 1 is 1.22 bits per heavy atom. The quantitative estimate of drug-likeness (QED) is 0.767. The number of benzene rings is 1. The van der Waals surface area contributed by atoms with Crippen molar-refractivity contribution >= 4 is 23.1 Å². The van der Waals surface area contributed by atoms with Crippen molar-refractivity contribution < 1.29 is 17.9 Å². The minimum absolute atomic E-state index is 0.0146. The first-order valence-corrected chi connectivity index (χ1v) is 6.94. The molecule has 0 N–H and O–H groups in total. The van der Waals surface area contributed by atoms with Crippen molar-refractivity contribution in [1.29, 1.82) is 0 Å². The highest BCUT2D eigenvalue weighted by Crippen LogP contribution is 2.34. The van der Waals surface area contributed by atoms with Crippen molar-refractivity contribution in [3.05, 3.63) is 35.3 Å². The van der Waals surface area contributed by atoms with Crippen LogP contribution in [0.2, 0.25) is 0 Å². The van der Waals surface area contributed by atoms with Crippen molar-refractivity contribution in [1.82, 2.24) is 4.98 Å². The summed E-state index contributed by atoms with van der Waals surface area (Å²) in [5, 5.41) is 0.922. The van der Waals surface area contributed by atoms with Gasteiger partial charge in [0.15, 0.2) is 5.69 Å². The molecule has 0 radical (unpaired) electrons. The molecule has 0 atom stereocenters. The smallest absolute Gasteiger partial charge is 0.431 e. The molecule has 0 aliphatic heterocycles. The normalized spacial score (nSPS) is 11.6. The van der Waals surface area contributed by atoms with E-state index in [-0.39, 0.29) is 5.19 Å². The topological polar surface area (TPSA) is 22.1 Å². The zero-order valence-corrected chi connectivity index (χ0v) is 10.8. The molecule has 2 nitrogen and oxygen atoms in total. The van der Waals surface area contributed by atoms with Gasteiger partial charge in [-0.15, -0.1) is 11.8 Å². The predicted molar refractivity (Wildman–Crippen MR) is 65.4 cm³/mol. The Kier molecular flexibility index (Phi) is 3.82. The molecule has 1 aromatic heterocycles. The van der Waals surface area contributed by atoms with Crippen molar-refractivity contribution in [2.45, 2.75) is 11.1 Å². The van der Waals surface area contributed by atoms with Crippen LogP contribution in [0.5, 0.6) is 10.9 Å². The second-order valence-corrected chi connectivity index (χ2v) is 4.97. The minimum Gasteiger partial charge on any atom is -0.431 e. The third-order valence-electron chi connectivity index (χ3n) is 2.04. The third-order valence-corrected chi connectivity index (χ3v) is 3.50. The molecule has 0 saturated heterocycles. The van der Waals surface area contributed by atoms with E-state index in [1.54, 1.807) is 23.9 Å². The Morgan fingerprint density at radius 2 is 1.89 bits per heavy atom. The third kappa shape index (κ3) is 3.17. The zero-order valence-electron chi connectivity index (χ0n) is 9.19. The van der Waals surface area contributed by atoms with E-state index >= 15 is 0 Å². The first-order valence-electron chi connectivity index (χ1n) is 4.83. The number of rotatable bonds is 3. The lowest BCUT2D eigenvalue weighted by Crippen LogP contribution is -2.04. The molecule has 0 spiro atoms. The Morgan fingerprint density at radius 3 is 2.39 bits per heavy atom. The van der Waals surface area contributed by atoms with Gasteiger partial charge in [0.25, 0.3) is 5.19 Å². The lowest BCUT2D eigenvalue weighted by Gasteiger charge is -2.03. The Balaban J connectivity index is 2.11. The lowest BCUT2D eigenvalue weighted by molar-refractivity contribution is -0.140. The minimum atomic E-state index is -4.43. The molecule has 1 heterocycles. The molecular formula is C11H8F3NOS2. The second kappa shape index (κ2) is 5.19. The van der Waals surface area contributed by atoms with Gasteiger partial charge in [-0.1, -0.05) is 11.3 Å². The fourth-order valence-corrected chi connectivity index (χ4v) is 2.28. The highest BCUT2D eigenvalue weighted by molar-refractivity contribution is 7.98. The van der Waals surface area contributed by atoms with E-state index in [1.807, 2.05) is 18.4 Å². The Bertz CT molecular complexity index is 522. The summed E-state index contributed by atoms with van der Waals surface area (Å²) in [4.78, 5) is 4.44. The van der Waals surface area contributed by atoms with Crippen molar-refractivity contribution in [3.8, 4) is 10.9 Å². The maximum Gasteiger partial charge on any atom is 0.434 e. The van der Waals surface area contributed by atoms with Crippen LogP contribution < -0.4 is 4.74 Å². The van der Waals surface area contributed by atoms with Gasteiger partial charge >= 0.3 is 6.18 Å². The fraction of sp³-hybridized carbons (Fsp3) is 0.182. The van der Waals surface area contributed by atoms with Crippen LogP contribution in [0.15, 0.2) is 34.5 Å². The summed E-state index contributed by atoms with van der Waals surface area (Å²) in [6, 6.07) is 7.05. The molecule has 2 aromatic rings. The van der Waals surface area contributed by atoms with Crippen molar-refractivity contribution in [2.24, 2.45) is 0 Å². The standard InChI is InChI=1S/C11H8F3NOS2/c1-17-8-4-2-7(3-5-8)16-10-15-9(6-18-10)11(12,13)14/h2-6H,1H3. The van der Waals surface area contributed by atoms with Crippen LogP contribution in [0, 0.1) is 0 Å². The number of halogens is 3. The molecule has 0 aliphatic carbocycles. The number of ether oxygens (including phenoxy) is 1. The SMILES string of the molecule is CSc1ccc(Oc2nc(C(F)(F)F)cs2)cc1. The monoisotopic (exact) mass is 291 g/mol. The van der Waals surface area contributed by atoms with Crippen LogP contribution in [0.1, 0.15) is 5.69 Å². The summed E-state index contributed by atoms with van der Waals surface area (Å²) < 4.78 is 42.2. The number of nitrogens with zero attached hydrogens (tertiary/aromatic N) is 1. The Labute approximate surface area is 110 Å². The molecule has 2 rings (SSSR count). The highest BCUT2D eigenvalue weighted by atomic mass is 32.2. The van der Waals surface area contributed by atoms with E-state index in [9.17, 15) is 13.2 Å². The predicted octanol–water partition coefficient (Wildman–Crippen LogP) is 4.68. The second-order valence-electron chi connectivity index (χ2n) is 3.27. The number of thioether (sulfide) groups is 1. The summed E-state index contributed by atoms with van der Waals surface area (Å²) >= 11 is 2.40. The first kappa shape index (κ1) is 13.2. The summed E-state index contributed by atoms with van der Waals surface area (Å²) in [6.07, 6.45) is -2.49. The van der Waals surface area contributed by atoms with E-state index in [2.05, 4.69) is 4.98 Å². The highest BCUT2D eigenvalue weighted by Gasteiger charge is 2.34. The van der Waals surface area contributed by atoms with Crippen LogP contribution in [0.3, 0.4) is 0 Å². The molecule has 0 aliphatic rings. The summed E-state index contributed by atoms with van der Waals surface area (Å²) in [5.41, 5.74) is -0.928. The van der Waals surface area contributed by atoms with Crippen molar-refractivity contribution in [2.75, 3.05) is 6.26 Å². The molecular weight excluding hydrogens is 283 g/mol. The molecule has 18 heavy (non-hydrogen) atoms. The fourth-order valence-electron chi connectivity index (χ4n) is 1.18. The van der Waals surface area contributed by atoms with Crippen LogP contribution in [0.25, 0.3) is 0 Å². The average molecular weight is 291 g/mol. The van der Waals surface area contributed by atoms with E-state index in [1.165, 1.54) is 0 Å². The number of aromatic nitrogens is 1.